The van der Waals surface area contributed by atoms with Crippen molar-refractivity contribution in [2.45, 2.75) is 5.75 Å². The van der Waals surface area contributed by atoms with E-state index in [1.807, 2.05) is 58.9 Å². The summed E-state index contributed by atoms with van der Waals surface area (Å²) < 4.78 is 7.16. The van der Waals surface area contributed by atoms with E-state index in [0.717, 1.165) is 46.3 Å². The van der Waals surface area contributed by atoms with E-state index in [-0.39, 0.29) is 0 Å². The van der Waals surface area contributed by atoms with E-state index in [9.17, 15) is 0 Å². The van der Waals surface area contributed by atoms with Crippen molar-refractivity contribution in [2.24, 2.45) is 0 Å². The van der Waals surface area contributed by atoms with Gasteiger partial charge in [-0.1, -0.05) is 18.2 Å². The average Bonchev–Trinajstić information content (AvgIpc) is 3.32. The molecule has 1 aromatic carbocycles. The molecule has 0 saturated heterocycles. The lowest BCUT2D eigenvalue weighted by atomic mass is 10.3. The van der Waals surface area contributed by atoms with Crippen molar-refractivity contribution in [1.29, 1.82) is 0 Å². The van der Waals surface area contributed by atoms with Crippen molar-refractivity contribution in [3.8, 4) is 5.69 Å². The van der Waals surface area contributed by atoms with E-state index in [1.165, 1.54) is 0 Å². The van der Waals surface area contributed by atoms with Crippen LogP contribution in [0.2, 0.25) is 0 Å². The summed E-state index contributed by atoms with van der Waals surface area (Å²) in [7, 11) is 0. The van der Waals surface area contributed by atoms with Crippen molar-refractivity contribution in [1.82, 2.24) is 19.7 Å². The molecule has 0 aliphatic heterocycles. The Morgan fingerprint density at radius 3 is 2.84 bits per heavy atom. The number of furan rings is 1. The molecule has 0 atom stereocenters. The smallest absolute Gasteiger partial charge is 0.168 e. The van der Waals surface area contributed by atoms with Gasteiger partial charge in [0, 0.05) is 12.3 Å². The number of anilines is 1. The molecule has 0 bridgehead atoms. The van der Waals surface area contributed by atoms with Gasteiger partial charge >= 0.3 is 0 Å². The first-order valence-corrected chi connectivity index (χ1v) is 9.15. The molecule has 4 rings (SSSR count). The van der Waals surface area contributed by atoms with Crippen molar-refractivity contribution >= 4 is 28.6 Å². The van der Waals surface area contributed by atoms with Gasteiger partial charge in [-0.25, -0.2) is 14.6 Å². The van der Waals surface area contributed by atoms with Gasteiger partial charge in [0.1, 0.15) is 17.9 Å². The molecule has 0 aliphatic carbocycles. The normalized spacial score (nSPS) is 11.0. The molecule has 0 unspecified atom stereocenters. The van der Waals surface area contributed by atoms with E-state index in [1.54, 1.807) is 18.8 Å². The van der Waals surface area contributed by atoms with Crippen LogP contribution in [-0.2, 0) is 5.75 Å². The molecule has 3 aromatic heterocycles. The Kier molecular flexibility index (Phi) is 4.65. The molecule has 0 spiro atoms. The molecular formula is C18H17N5OS. The summed E-state index contributed by atoms with van der Waals surface area (Å²) in [6.45, 7) is 0.813. The van der Waals surface area contributed by atoms with Crippen LogP contribution in [0, 0.1) is 0 Å². The van der Waals surface area contributed by atoms with E-state index < -0.39 is 0 Å². The largest absolute Gasteiger partial charge is 0.468 e. The second-order valence-corrected chi connectivity index (χ2v) is 6.52. The fraction of sp³-hybridized carbons (Fsp3) is 0.167. The Balaban J connectivity index is 1.43. The maximum absolute atomic E-state index is 5.33. The van der Waals surface area contributed by atoms with Crippen LogP contribution in [0.5, 0.6) is 0 Å². The summed E-state index contributed by atoms with van der Waals surface area (Å²) in [5.41, 5.74) is 1.78. The van der Waals surface area contributed by atoms with Gasteiger partial charge in [0.05, 0.1) is 29.3 Å². The van der Waals surface area contributed by atoms with Crippen LogP contribution in [0.4, 0.5) is 5.82 Å². The molecule has 6 nitrogen and oxygen atoms in total. The summed E-state index contributed by atoms with van der Waals surface area (Å²) in [4.78, 5) is 8.75. The van der Waals surface area contributed by atoms with Gasteiger partial charge in [0.25, 0.3) is 0 Å². The van der Waals surface area contributed by atoms with Crippen LogP contribution in [-0.4, -0.2) is 32.0 Å². The molecule has 126 valence electrons. The quantitative estimate of drug-likeness (QED) is 0.511. The Hall–Kier alpha value is -2.80. The van der Waals surface area contributed by atoms with Crippen LogP contribution in [0.3, 0.4) is 0 Å². The fourth-order valence-corrected chi connectivity index (χ4v) is 3.31. The number of para-hydroxylation sites is 1. The van der Waals surface area contributed by atoms with Gasteiger partial charge < -0.3 is 9.73 Å². The molecule has 25 heavy (non-hydrogen) atoms. The SMILES string of the molecule is c1ccc(-n2ncc3c(NCCSCc4ccco4)ncnc32)cc1. The van der Waals surface area contributed by atoms with Crippen LogP contribution >= 0.6 is 11.8 Å². The lowest BCUT2D eigenvalue weighted by molar-refractivity contribution is 0.530. The van der Waals surface area contributed by atoms with Gasteiger partial charge in [-0.3, -0.25) is 0 Å². The number of hydrogen-bond donors (Lipinski definition) is 1. The molecule has 0 amide bonds. The molecule has 3 heterocycles. The number of aromatic nitrogens is 4. The second kappa shape index (κ2) is 7.40. The average molecular weight is 351 g/mol. The minimum absolute atomic E-state index is 0.798. The number of benzene rings is 1. The van der Waals surface area contributed by atoms with Gasteiger partial charge in [0.2, 0.25) is 0 Å². The predicted molar refractivity (Wildman–Crippen MR) is 100 cm³/mol. The highest BCUT2D eigenvalue weighted by atomic mass is 32.2. The van der Waals surface area contributed by atoms with Crippen molar-refractivity contribution in [2.75, 3.05) is 17.6 Å². The molecule has 0 aliphatic rings. The maximum atomic E-state index is 5.33. The van der Waals surface area contributed by atoms with Crippen LogP contribution in [0.1, 0.15) is 5.76 Å². The molecular weight excluding hydrogens is 334 g/mol. The number of nitrogens with zero attached hydrogens (tertiary/aromatic N) is 4. The van der Waals surface area contributed by atoms with E-state index in [0.29, 0.717) is 0 Å². The maximum Gasteiger partial charge on any atom is 0.168 e. The summed E-state index contributed by atoms with van der Waals surface area (Å²) in [5, 5.41) is 8.76. The number of nitrogens with one attached hydrogen (secondary N) is 1. The zero-order valence-electron chi connectivity index (χ0n) is 13.5. The Labute approximate surface area is 149 Å². The lowest BCUT2D eigenvalue weighted by Gasteiger charge is -2.06. The molecule has 0 fully saturated rings. The first-order chi connectivity index (χ1) is 12.4. The third-order valence-electron chi connectivity index (χ3n) is 3.73. The molecule has 7 heteroatoms. The van der Waals surface area contributed by atoms with Gasteiger partial charge in [0.15, 0.2) is 5.65 Å². The highest BCUT2D eigenvalue weighted by Crippen LogP contribution is 2.21. The predicted octanol–water partition coefficient (Wildman–Crippen LogP) is 3.75. The molecule has 0 radical (unpaired) electrons. The first kappa shape index (κ1) is 15.7. The Morgan fingerprint density at radius 2 is 2.00 bits per heavy atom. The zero-order valence-corrected chi connectivity index (χ0v) is 14.3. The topological polar surface area (TPSA) is 68.8 Å². The number of fused-ring (bicyclic) bond motifs is 1. The summed E-state index contributed by atoms with van der Waals surface area (Å²) in [6, 6.07) is 13.9. The second-order valence-electron chi connectivity index (χ2n) is 5.41. The van der Waals surface area contributed by atoms with Gasteiger partial charge in [-0.05, 0) is 24.3 Å². The number of rotatable bonds is 7. The van der Waals surface area contributed by atoms with Crippen molar-refractivity contribution < 1.29 is 4.42 Å². The number of thioether (sulfide) groups is 1. The Bertz CT molecular complexity index is 937. The minimum atomic E-state index is 0.798. The molecule has 1 N–H and O–H groups in total. The summed E-state index contributed by atoms with van der Waals surface area (Å²) >= 11 is 1.82. The van der Waals surface area contributed by atoms with Crippen LogP contribution in [0.25, 0.3) is 16.7 Å². The lowest BCUT2D eigenvalue weighted by Crippen LogP contribution is -2.06. The summed E-state index contributed by atoms with van der Waals surface area (Å²) in [5.74, 6) is 3.64. The summed E-state index contributed by atoms with van der Waals surface area (Å²) in [6.07, 6.45) is 5.08. The first-order valence-electron chi connectivity index (χ1n) is 8.00. The highest BCUT2D eigenvalue weighted by Gasteiger charge is 2.10. The van der Waals surface area contributed by atoms with Crippen LogP contribution in [0.15, 0.2) is 65.7 Å². The van der Waals surface area contributed by atoms with Gasteiger partial charge in [-0.2, -0.15) is 16.9 Å². The standard InChI is InChI=1S/C18H17N5OS/c1-2-5-14(6-3-1)23-18-16(11-22-23)17(20-13-21-18)19-8-10-25-12-15-7-4-9-24-15/h1-7,9,11,13H,8,10,12H2,(H,19,20,21). The van der Waals surface area contributed by atoms with Crippen molar-refractivity contribution in [3.63, 3.8) is 0 Å². The monoisotopic (exact) mass is 351 g/mol. The van der Waals surface area contributed by atoms with E-state index in [4.69, 9.17) is 4.42 Å². The fourth-order valence-electron chi connectivity index (χ4n) is 2.55. The third-order valence-corrected chi connectivity index (χ3v) is 4.71. The number of hydrogen-bond acceptors (Lipinski definition) is 6. The van der Waals surface area contributed by atoms with Crippen molar-refractivity contribution in [3.05, 3.63) is 67.0 Å². The zero-order chi connectivity index (χ0) is 16.9. The highest BCUT2D eigenvalue weighted by molar-refractivity contribution is 7.98. The molecule has 0 saturated carbocycles. The third kappa shape index (κ3) is 3.51. The van der Waals surface area contributed by atoms with E-state index >= 15 is 0 Å². The van der Waals surface area contributed by atoms with Crippen LogP contribution < -0.4 is 5.32 Å². The van der Waals surface area contributed by atoms with Gasteiger partial charge in [-0.15, -0.1) is 0 Å². The molecule has 4 aromatic rings. The minimum Gasteiger partial charge on any atom is -0.468 e. The van der Waals surface area contributed by atoms with E-state index in [2.05, 4.69) is 20.4 Å². The Morgan fingerprint density at radius 1 is 1.08 bits per heavy atom.